The van der Waals surface area contributed by atoms with Crippen molar-refractivity contribution < 1.29 is 9.53 Å². The van der Waals surface area contributed by atoms with E-state index in [9.17, 15) is 4.79 Å². The van der Waals surface area contributed by atoms with E-state index in [1.165, 1.54) is 11.3 Å². The Bertz CT molecular complexity index is 425. The molecule has 1 atom stereocenters. The van der Waals surface area contributed by atoms with Crippen molar-refractivity contribution >= 4 is 22.2 Å². The molecular formula is C13H20N2O2S. The Morgan fingerprint density at radius 2 is 2.22 bits per heavy atom. The number of amides is 1. The Kier molecular flexibility index (Phi) is 4.24. The second-order valence-electron chi connectivity index (χ2n) is 4.64. The van der Waals surface area contributed by atoms with E-state index in [0.29, 0.717) is 37.2 Å². The van der Waals surface area contributed by atoms with Crippen molar-refractivity contribution in [2.75, 3.05) is 32.0 Å². The first-order valence-corrected chi connectivity index (χ1v) is 7.27. The number of carbonyl (C=O) groups is 1. The number of morpholine rings is 1. The number of hydrogen-bond donors (Lipinski definition) is 1. The molecule has 1 aliphatic heterocycles. The summed E-state index contributed by atoms with van der Waals surface area (Å²) in [5.41, 5.74) is 7.79. The molecule has 0 aromatic carbocycles. The maximum absolute atomic E-state index is 12.5. The maximum atomic E-state index is 12.5. The van der Waals surface area contributed by atoms with Crippen LogP contribution in [-0.2, 0) is 4.74 Å². The van der Waals surface area contributed by atoms with Crippen LogP contribution in [0.1, 0.15) is 42.1 Å². The molecule has 1 unspecified atom stereocenters. The standard InChI is InChI=1S/C13H20N2O2S/c1-3-9(2)10-8-18-12(14)11(10)13(16)15-4-6-17-7-5-15/h8-9H,3-7,14H2,1-2H3. The average Bonchev–Trinajstić information content (AvgIpc) is 2.80. The third kappa shape index (κ3) is 2.52. The van der Waals surface area contributed by atoms with Crippen molar-refractivity contribution in [1.82, 2.24) is 4.90 Å². The quantitative estimate of drug-likeness (QED) is 0.915. The largest absolute Gasteiger partial charge is 0.390 e. The lowest BCUT2D eigenvalue weighted by Crippen LogP contribution is -2.41. The SMILES string of the molecule is CCC(C)c1csc(N)c1C(=O)N1CCOCC1. The predicted molar refractivity (Wildman–Crippen MR) is 74.2 cm³/mol. The van der Waals surface area contributed by atoms with Gasteiger partial charge in [-0.15, -0.1) is 11.3 Å². The average molecular weight is 268 g/mol. The van der Waals surface area contributed by atoms with Crippen LogP contribution in [-0.4, -0.2) is 37.1 Å². The van der Waals surface area contributed by atoms with E-state index in [1.807, 2.05) is 10.3 Å². The van der Waals surface area contributed by atoms with Crippen molar-refractivity contribution in [3.63, 3.8) is 0 Å². The minimum Gasteiger partial charge on any atom is -0.390 e. The maximum Gasteiger partial charge on any atom is 0.257 e. The lowest BCUT2D eigenvalue weighted by atomic mass is 9.96. The van der Waals surface area contributed by atoms with Gasteiger partial charge in [0.15, 0.2) is 0 Å². The van der Waals surface area contributed by atoms with Crippen LogP contribution in [0.2, 0.25) is 0 Å². The number of rotatable bonds is 3. The third-order valence-electron chi connectivity index (χ3n) is 3.50. The third-order valence-corrected chi connectivity index (χ3v) is 4.33. The molecule has 0 spiro atoms. The predicted octanol–water partition coefficient (Wildman–Crippen LogP) is 2.32. The number of ether oxygens (including phenoxy) is 1. The molecule has 2 heterocycles. The number of anilines is 1. The second-order valence-corrected chi connectivity index (χ2v) is 5.56. The van der Waals surface area contributed by atoms with Gasteiger partial charge in [0, 0.05) is 13.1 Å². The number of hydrogen-bond acceptors (Lipinski definition) is 4. The molecule has 0 saturated carbocycles. The highest BCUT2D eigenvalue weighted by Gasteiger charge is 2.25. The van der Waals surface area contributed by atoms with Crippen molar-refractivity contribution in [3.05, 3.63) is 16.5 Å². The normalized spacial score (nSPS) is 17.8. The Labute approximate surface area is 112 Å². The molecule has 5 heteroatoms. The molecule has 2 rings (SSSR count). The molecule has 1 amide bonds. The van der Waals surface area contributed by atoms with Gasteiger partial charge in [-0.25, -0.2) is 0 Å². The fraction of sp³-hybridized carbons (Fsp3) is 0.615. The molecular weight excluding hydrogens is 248 g/mol. The smallest absolute Gasteiger partial charge is 0.257 e. The van der Waals surface area contributed by atoms with Gasteiger partial charge < -0.3 is 15.4 Å². The van der Waals surface area contributed by atoms with E-state index in [1.54, 1.807) is 0 Å². The van der Waals surface area contributed by atoms with Gasteiger partial charge in [-0.1, -0.05) is 13.8 Å². The Morgan fingerprint density at radius 3 is 2.83 bits per heavy atom. The van der Waals surface area contributed by atoms with Crippen LogP contribution in [0.5, 0.6) is 0 Å². The van der Waals surface area contributed by atoms with Crippen LogP contribution >= 0.6 is 11.3 Å². The molecule has 1 aliphatic rings. The number of nitrogen functional groups attached to an aromatic ring is 1. The summed E-state index contributed by atoms with van der Waals surface area (Å²) >= 11 is 1.47. The van der Waals surface area contributed by atoms with Gasteiger partial charge in [-0.2, -0.15) is 0 Å². The number of nitrogens with two attached hydrogens (primary N) is 1. The Morgan fingerprint density at radius 1 is 1.56 bits per heavy atom. The van der Waals surface area contributed by atoms with Crippen LogP contribution in [0.3, 0.4) is 0 Å². The zero-order chi connectivity index (χ0) is 13.1. The molecule has 1 fully saturated rings. The number of nitrogens with zero attached hydrogens (tertiary/aromatic N) is 1. The summed E-state index contributed by atoms with van der Waals surface area (Å²) in [6.07, 6.45) is 1.01. The van der Waals surface area contributed by atoms with Crippen molar-refractivity contribution in [3.8, 4) is 0 Å². The summed E-state index contributed by atoms with van der Waals surface area (Å²) in [7, 11) is 0. The Balaban J connectivity index is 2.25. The molecule has 1 saturated heterocycles. The molecule has 2 N–H and O–H groups in total. The van der Waals surface area contributed by atoms with Gasteiger partial charge in [-0.3, -0.25) is 4.79 Å². The molecule has 0 bridgehead atoms. The zero-order valence-electron chi connectivity index (χ0n) is 10.9. The zero-order valence-corrected chi connectivity index (χ0v) is 11.8. The van der Waals surface area contributed by atoms with Crippen LogP contribution < -0.4 is 5.73 Å². The molecule has 0 radical (unpaired) electrons. The van der Waals surface area contributed by atoms with Gasteiger partial charge in [0.25, 0.3) is 5.91 Å². The van der Waals surface area contributed by atoms with Crippen LogP contribution in [0.15, 0.2) is 5.38 Å². The summed E-state index contributed by atoms with van der Waals surface area (Å²) in [5.74, 6) is 0.436. The molecule has 100 valence electrons. The second kappa shape index (κ2) is 5.71. The summed E-state index contributed by atoms with van der Waals surface area (Å²) in [4.78, 5) is 14.4. The van der Waals surface area contributed by atoms with E-state index in [2.05, 4.69) is 13.8 Å². The fourth-order valence-electron chi connectivity index (χ4n) is 2.12. The lowest BCUT2D eigenvalue weighted by molar-refractivity contribution is 0.0303. The number of thiophene rings is 1. The van der Waals surface area contributed by atoms with Gasteiger partial charge >= 0.3 is 0 Å². The van der Waals surface area contributed by atoms with Gasteiger partial charge in [0.2, 0.25) is 0 Å². The van der Waals surface area contributed by atoms with Crippen molar-refractivity contribution in [2.24, 2.45) is 0 Å². The molecule has 0 aliphatic carbocycles. The topological polar surface area (TPSA) is 55.6 Å². The molecule has 4 nitrogen and oxygen atoms in total. The lowest BCUT2D eigenvalue weighted by Gasteiger charge is -2.27. The van der Waals surface area contributed by atoms with E-state index in [-0.39, 0.29) is 5.91 Å². The monoisotopic (exact) mass is 268 g/mol. The molecule has 1 aromatic rings. The molecule has 1 aromatic heterocycles. The van der Waals surface area contributed by atoms with E-state index >= 15 is 0 Å². The van der Waals surface area contributed by atoms with Crippen molar-refractivity contribution in [2.45, 2.75) is 26.2 Å². The summed E-state index contributed by atoms with van der Waals surface area (Å²) in [6, 6.07) is 0. The van der Waals surface area contributed by atoms with E-state index < -0.39 is 0 Å². The van der Waals surface area contributed by atoms with Crippen LogP contribution in [0.25, 0.3) is 0 Å². The minimum atomic E-state index is 0.0624. The first kappa shape index (κ1) is 13.4. The summed E-state index contributed by atoms with van der Waals surface area (Å²) < 4.78 is 5.27. The fourth-order valence-corrected chi connectivity index (χ4v) is 3.05. The van der Waals surface area contributed by atoms with Gasteiger partial charge in [0.05, 0.1) is 23.8 Å². The van der Waals surface area contributed by atoms with Crippen molar-refractivity contribution in [1.29, 1.82) is 0 Å². The first-order chi connectivity index (χ1) is 8.65. The van der Waals surface area contributed by atoms with Gasteiger partial charge in [0.1, 0.15) is 0 Å². The highest BCUT2D eigenvalue weighted by atomic mass is 32.1. The highest BCUT2D eigenvalue weighted by molar-refractivity contribution is 7.14. The highest BCUT2D eigenvalue weighted by Crippen LogP contribution is 2.33. The van der Waals surface area contributed by atoms with E-state index in [4.69, 9.17) is 10.5 Å². The Hall–Kier alpha value is -1.07. The van der Waals surface area contributed by atoms with Gasteiger partial charge in [-0.05, 0) is 23.3 Å². The summed E-state index contributed by atoms with van der Waals surface area (Å²) in [5, 5.41) is 2.67. The summed E-state index contributed by atoms with van der Waals surface area (Å²) in [6.45, 7) is 6.82. The van der Waals surface area contributed by atoms with E-state index in [0.717, 1.165) is 17.5 Å². The number of carbonyl (C=O) groups excluding carboxylic acids is 1. The minimum absolute atomic E-state index is 0.0624. The van der Waals surface area contributed by atoms with Crippen LogP contribution in [0, 0.1) is 0 Å². The van der Waals surface area contributed by atoms with Crippen LogP contribution in [0.4, 0.5) is 5.00 Å². The molecule has 18 heavy (non-hydrogen) atoms. The first-order valence-electron chi connectivity index (χ1n) is 6.39.